The fraction of sp³-hybridized carbons (Fsp3) is 0.308. The van der Waals surface area contributed by atoms with Crippen LogP contribution < -0.4 is 0 Å². The van der Waals surface area contributed by atoms with E-state index in [1.54, 1.807) is 0 Å². The highest BCUT2D eigenvalue weighted by atomic mass is 79.9. The summed E-state index contributed by atoms with van der Waals surface area (Å²) in [4.78, 5) is 4.72. The number of aryl methyl sites for hydroxylation is 2. The molecule has 0 fully saturated rings. The maximum absolute atomic E-state index is 4.72. The number of aromatic nitrogens is 1. The van der Waals surface area contributed by atoms with Gasteiger partial charge in [0.2, 0.25) is 0 Å². The summed E-state index contributed by atoms with van der Waals surface area (Å²) < 4.78 is 2.23. The van der Waals surface area contributed by atoms with Gasteiger partial charge in [0, 0.05) is 20.0 Å². The monoisotopic (exact) mass is 341 g/mol. The molecule has 0 radical (unpaired) electrons. The van der Waals surface area contributed by atoms with Crippen molar-refractivity contribution in [3.05, 3.63) is 38.4 Å². The van der Waals surface area contributed by atoms with Gasteiger partial charge in [-0.1, -0.05) is 45.2 Å². The number of halogens is 2. The lowest BCUT2D eigenvalue weighted by atomic mass is 10.1. The average Bonchev–Trinajstić information content (AvgIpc) is 2.20. The van der Waals surface area contributed by atoms with E-state index in [0.717, 1.165) is 33.0 Å². The van der Waals surface area contributed by atoms with Gasteiger partial charge in [0.1, 0.15) is 0 Å². The molecule has 0 atom stereocenters. The second-order valence-corrected chi connectivity index (χ2v) is 5.73. The molecular formula is C13H13Br2N. The molecule has 0 aliphatic rings. The van der Waals surface area contributed by atoms with Crippen molar-refractivity contribution in [1.82, 2.24) is 4.98 Å². The zero-order valence-corrected chi connectivity index (χ0v) is 12.5. The molecule has 1 nitrogen and oxygen atoms in total. The van der Waals surface area contributed by atoms with Crippen LogP contribution >= 0.6 is 31.9 Å². The Morgan fingerprint density at radius 2 is 1.94 bits per heavy atom. The highest BCUT2D eigenvalue weighted by Crippen LogP contribution is 2.29. The van der Waals surface area contributed by atoms with Gasteiger partial charge in [-0.15, -0.1) is 0 Å². The van der Waals surface area contributed by atoms with E-state index in [4.69, 9.17) is 4.98 Å². The smallest absolute Gasteiger partial charge is 0.0746 e. The maximum atomic E-state index is 4.72. The minimum Gasteiger partial charge on any atom is -0.252 e. The molecule has 0 aliphatic heterocycles. The molecule has 1 aromatic heterocycles. The topological polar surface area (TPSA) is 12.9 Å². The van der Waals surface area contributed by atoms with Crippen LogP contribution in [0.2, 0.25) is 0 Å². The number of benzene rings is 1. The third-order valence-electron chi connectivity index (χ3n) is 2.58. The highest BCUT2D eigenvalue weighted by molar-refractivity contribution is 9.11. The highest BCUT2D eigenvalue weighted by Gasteiger charge is 2.07. The summed E-state index contributed by atoms with van der Waals surface area (Å²) in [6, 6.07) is 6.34. The number of fused-ring (bicyclic) bond motifs is 1. The molecule has 0 aliphatic carbocycles. The predicted molar refractivity (Wildman–Crippen MR) is 75.9 cm³/mol. The summed E-state index contributed by atoms with van der Waals surface area (Å²) in [6.45, 7) is 4.27. The van der Waals surface area contributed by atoms with Crippen LogP contribution in [0.15, 0.2) is 27.1 Å². The Hall–Kier alpha value is -0.410. The van der Waals surface area contributed by atoms with Gasteiger partial charge in [0.15, 0.2) is 0 Å². The van der Waals surface area contributed by atoms with E-state index in [1.807, 2.05) is 0 Å². The normalized spacial score (nSPS) is 11.0. The Morgan fingerprint density at radius 3 is 2.62 bits per heavy atom. The summed E-state index contributed by atoms with van der Waals surface area (Å²) >= 11 is 7.14. The number of rotatable bonds is 2. The molecule has 1 aromatic carbocycles. The van der Waals surface area contributed by atoms with Crippen LogP contribution in [0.3, 0.4) is 0 Å². The fourth-order valence-electron chi connectivity index (χ4n) is 1.85. The van der Waals surface area contributed by atoms with Crippen molar-refractivity contribution in [2.45, 2.75) is 26.7 Å². The number of nitrogens with zero attached hydrogens (tertiary/aromatic N) is 1. The summed E-state index contributed by atoms with van der Waals surface area (Å²) in [7, 11) is 0. The average molecular weight is 343 g/mol. The molecule has 3 heteroatoms. The second kappa shape index (κ2) is 4.84. The van der Waals surface area contributed by atoms with E-state index < -0.39 is 0 Å². The SMILES string of the molecule is CCCc1cc(Br)c2cc(Br)cc(C)c2n1. The van der Waals surface area contributed by atoms with Gasteiger partial charge in [-0.05, 0) is 37.1 Å². The Labute approximate surface area is 113 Å². The molecule has 1 heterocycles. The van der Waals surface area contributed by atoms with E-state index in [9.17, 15) is 0 Å². The molecule has 84 valence electrons. The van der Waals surface area contributed by atoms with Crippen LogP contribution in [0.5, 0.6) is 0 Å². The Kier molecular flexibility index (Phi) is 3.65. The van der Waals surface area contributed by atoms with Crippen LogP contribution in [0.25, 0.3) is 10.9 Å². The lowest BCUT2D eigenvalue weighted by Gasteiger charge is -2.07. The Balaban J connectivity index is 2.71. The van der Waals surface area contributed by atoms with Crippen molar-refractivity contribution in [1.29, 1.82) is 0 Å². The van der Waals surface area contributed by atoms with Crippen LogP contribution in [-0.2, 0) is 6.42 Å². The van der Waals surface area contributed by atoms with E-state index >= 15 is 0 Å². The minimum atomic E-state index is 1.03. The summed E-state index contributed by atoms with van der Waals surface area (Å²) in [6.07, 6.45) is 2.16. The molecule has 0 bridgehead atoms. The van der Waals surface area contributed by atoms with Crippen LogP contribution in [-0.4, -0.2) is 4.98 Å². The quantitative estimate of drug-likeness (QED) is 0.746. The van der Waals surface area contributed by atoms with Crippen molar-refractivity contribution >= 4 is 42.8 Å². The molecule has 0 saturated carbocycles. The third kappa shape index (κ3) is 2.30. The van der Waals surface area contributed by atoms with Crippen LogP contribution in [0.1, 0.15) is 24.6 Å². The first-order chi connectivity index (χ1) is 7.61. The van der Waals surface area contributed by atoms with Gasteiger partial charge in [-0.3, -0.25) is 4.98 Å². The standard InChI is InChI=1S/C13H13Br2N/c1-3-4-10-7-12(15)11-6-9(14)5-8(2)13(11)16-10/h5-7H,3-4H2,1-2H3. The lowest BCUT2D eigenvalue weighted by molar-refractivity contribution is 0.888. The molecule has 2 rings (SSSR count). The molecule has 0 amide bonds. The van der Waals surface area contributed by atoms with E-state index in [2.05, 4.69) is 63.9 Å². The first-order valence-corrected chi connectivity index (χ1v) is 6.95. The maximum Gasteiger partial charge on any atom is 0.0746 e. The molecule has 0 saturated heterocycles. The molecule has 0 unspecified atom stereocenters. The molecule has 0 spiro atoms. The fourth-order valence-corrected chi connectivity index (χ4v) is 2.99. The number of pyridine rings is 1. The van der Waals surface area contributed by atoms with Crippen molar-refractivity contribution in [2.24, 2.45) is 0 Å². The molecular weight excluding hydrogens is 330 g/mol. The minimum absolute atomic E-state index is 1.03. The van der Waals surface area contributed by atoms with Crippen LogP contribution in [0, 0.1) is 6.92 Å². The summed E-state index contributed by atoms with van der Waals surface area (Å²) in [5, 5.41) is 1.17. The Bertz CT molecular complexity index is 535. The van der Waals surface area contributed by atoms with Gasteiger partial charge < -0.3 is 0 Å². The molecule has 0 N–H and O–H groups in total. The molecule has 2 aromatic rings. The van der Waals surface area contributed by atoms with Gasteiger partial charge in [-0.25, -0.2) is 0 Å². The predicted octanol–water partition coefficient (Wildman–Crippen LogP) is 5.02. The lowest BCUT2D eigenvalue weighted by Crippen LogP contribution is -1.93. The van der Waals surface area contributed by atoms with Gasteiger partial charge in [0.05, 0.1) is 5.52 Å². The molecule has 16 heavy (non-hydrogen) atoms. The van der Waals surface area contributed by atoms with Crippen molar-refractivity contribution in [2.75, 3.05) is 0 Å². The van der Waals surface area contributed by atoms with Crippen LogP contribution in [0.4, 0.5) is 0 Å². The van der Waals surface area contributed by atoms with Gasteiger partial charge >= 0.3 is 0 Å². The largest absolute Gasteiger partial charge is 0.252 e. The zero-order valence-electron chi connectivity index (χ0n) is 9.35. The van der Waals surface area contributed by atoms with Crippen molar-refractivity contribution < 1.29 is 0 Å². The second-order valence-electron chi connectivity index (χ2n) is 3.96. The van der Waals surface area contributed by atoms with E-state index in [-0.39, 0.29) is 0 Å². The first-order valence-electron chi connectivity index (χ1n) is 5.37. The Morgan fingerprint density at radius 1 is 1.19 bits per heavy atom. The number of hydrogen-bond donors (Lipinski definition) is 0. The van der Waals surface area contributed by atoms with Gasteiger partial charge in [0.25, 0.3) is 0 Å². The zero-order chi connectivity index (χ0) is 11.7. The van der Waals surface area contributed by atoms with Crippen molar-refractivity contribution in [3.63, 3.8) is 0 Å². The first kappa shape index (κ1) is 12.1. The van der Waals surface area contributed by atoms with E-state index in [1.165, 1.54) is 10.9 Å². The number of hydrogen-bond acceptors (Lipinski definition) is 1. The summed E-state index contributed by atoms with van der Waals surface area (Å²) in [5.74, 6) is 0. The third-order valence-corrected chi connectivity index (χ3v) is 3.69. The summed E-state index contributed by atoms with van der Waals surface area (Å²) in [5.41, 5.74) is 3.47. The van der Waals surface area contributed by atoms with Crippen molar-refractivity contribution in [3.8, 4) is 0 Å². The van der Waals surface area contributed by atoms with Gasteiger partial charge in [-0.2, -0.15) is 0 Å². The van der Waals surface area contributed by atoms with E-state index in [0.29, 0.717) is 0 Å².